The molecule has 0 aliphatic rings. The number of rotatable bonds is 7. The summed E-state index contributed by atoms with van der Waals surface area (Å²) < 4.78 is 5.79. The first-order valence-electron chi connectivity index (χ1n) is 7.21. The third-order valence-electron chi connectivity index (χ3n) is 3.07. The van der Waals surface area contributed by atoms with Crippen molar-refractivity contribution in [3.05, 3.63) is 52.2 Å². The van der Waals surface area contributed by atoms with E-state index in [1.807, 2.05) is 17.4 Å². The number of ether oxygens (including phenoxy) is 1. The molecule has 3 heteroatoms. The second-order valence-corrected chi connectivity index (χ2v) is 6.17. The molecule has 1 atom stereocenters. The molecule has 2 nitrogen and oxygen atoms in total. The van der Waals surface area contributed by atoms with E-state index < -0.39 is 0 Å². The predicted molar refractivity (Wildman–Crippen MR) is 86.6 cm³/mol. The Morgan fingerprint density at radius 1 is 1.20 bits per heavy atom. The number of hydrogen-bond acceptors (Lipinski definition) is 3. The molecular weight excluding hydrogens is 266 g/mol. The quantitative estimate of drug-likeness (QED) is 0.814. The summed E-state index contributed by atoms with van der Waals surface area (Å²) in [6, 6.07) is 13.1. The van der Waals surface area contributed by atoms with Gasteiger partial charge in [0.1, 0.15) is 5.75 Å². The number of benzene rings is 1. The number of thiophene rings is 1. The first-order chi connectivity index (χ1) is 9.69. The SMILES string of the molecule is CCNC(Cc1cccs1)c1cccc(OC(C)C)c1. The van der Waals surface area contributed by atoms with E-state index in [0.717, 1.165) is 18.7 Å². The normalized spacial score (nSPS) is 12.6. The van der Waals surface area contributed by atoms with Crippen molar-refractivity contribution < 1.29 is 4.74 Å². The molecule has 0 amide bonds. The Bertz CT molecular complexity index is 507. The molecule has 0 fully saturated rings. The van der Waals surface area contributed by atoms with Gasteiger partial charge in [0, 0.05) is 17.3 Å². The topological polar surface area (TPSA) is 21.3 Å². The van der Waals surface area contributed by atoms with Crippen molar-refractivity contribution in [2.24, 2.45) is 0 Å². The van der Waals surface area contributed by atoms with Gasteiger partial charge in [0.25, 0.3) is 0 Å². The van der Waals surface area contributed by atoms with Crippen LogP contribution in [0, 0.1) is 0 Å². The molecule has 0 aliphatic carbocycles. The summed E-state index contributed by atoms with van der Waals surface area (Å²) >= 11 is 1.82. The van der Waals surface area contributed by atoms with Crippen LogP contribution in [-0.4, -0.2) is 12.6 Å². The molecule has 0 aliphatic heterocycles. The summed E-state index contributed by atoms with van der Waals surface area (Å²) in [4.78, 5) is 1.41. The van der Waals surface area contributed by atoms with Crippen molar-refractivity contribution >= 4 is 11.3 Å². The Morgan fingerprint density at radius 3 is 2.70 bits per heavy atom. The lowest BCUT2D eigenvalue weighted by Gasteiger charge is -2.19. The van der Waals surface area contributed by atoms with Crippen molar-refractivity contribution in [1.82, 2.24) is 5.32 Å². The average Bonchev–Trinajstić information content (AvgIpc) is 2.91. The van der Waals surface area contributed by atoms with Crippen LogP contribution in [0.1, 0.15) is 37.3 Å². The van der Waals surface area contributed by atoms with E-state index in [0.29, 0.717) is 6.04 Å². The highest BCUT2D eigenvalue weighted by Gasteiger charge is 2.12. The molecule has 1 heterocycles. The van der Waals surface area contributed by atoms with E-state index in [-0.39, 0.29) is 6.10 Å². The van der Waals surface area contributed by atoms with Crippen LogP contribution in [0.15, 0.2) is 41.8 Å². The van der Waals surface area contributed by atoms with Crippen LogP contribution in [-0.2, 0) is 6.42 Å². The molecule has 2 aromatic rings. The Labute approximate surface area is 125 Å². The van der Waals surface area contributed by atoms with Crippen LogP contribution in [0.3, 0.4) is 0 Å². The van der Waals surface area contributed by atoms with E-state index in [2.05, 4.69) is 61.8 Å². The van der Waals surface area contributed by atoms with Crippen LogP contribution in [0.2, 0.25) is 0 Å². The molecule has 0 spiro atoms. The predicted octanol–water partition coefficient (Wildman–Crippen LogP) is 4.43. The third-order valence-corrected chi connectivity index (χ3v) is 3.97. The smallest absolute Gasteiger partial charge is 0.120 e. The summed E-state index contributed by atoms with van der Waals surface area (Å²) in [6.45, 7) is 7.22. The van der Waals surface area contributed by atoms with Gasteiger partial charge in [-0.2, -0.15) is 0 Å². The van der Waals surface area contributed by atoms with Crippen molar-refractivity contribution in [1.29, 1.82) is 0 Å². The van der Waals surface area contributed by atoms with E-state index >= 15 is 0 Å². The maximum absolute atomic E-state index is 5.79. The van der Waals surface area contributed by atoms with E-state index in [1.165, 1.54) is 10.4 Å². The van der Waals surface area contributed by atoms with E-state index in [1.54, 1.807) is 0 Å². The molecule has 20 heavy (non-hydrogen) atoms. The fourth-order valence-corrected chi connectivity index (χ4v) is 3.01. The Kier molecular flexibility index (Phi) is 5.62. The van der Waals surface area contributed by atoms with Gasteiger partial charge in [-0.15, -0.1) is 11.3 Å². The van der Waals surface area contributed by atoms with Gasteiger partial charge in [-0.25, -0.2) is 0 Å². The average molecular weight is 289 g/mol. The monoisotopic (exact) mass is 289 g/mol. The summed E-state index contributed by atoms with van der Waals surface area (Å²) in [7, 11) is 0. The minimum atomic E-state index is 0.208. The third kappa shape index (κ3) is 4.36. The van der Waals surface area contributed by atoms with Crippen molar-refractivity contribution in [3.8, 4) is 5.75 Å². The second-order valence-electron chi connectivity index (χ2n) is 5.13. The van der Waals surface area contributed by atoms with Gasteiger partial charge in [-0.3, -0.25) is 0 Å². The molecule has 0 saturated heterocycles. The van der Waals surface area contributed by atoms with E-state index in [9.17, 15) is 0 Å². The van der Waals surface area contributed by atoms with Crippen molar-refractivity contribution in [3.63, 3.8) is 0 Å². The minimum Gasteiger partial charge on any atom is -0.491 e. The fourth-order valence-electron chi connectivity index (χ4n) is 2.26. The van der Waals surface area contributed by atoms with Gasteiger partial charge in [-0.1, -0.05) is 25.1 Å². The Balaban J connectivity index is 2.15. The van der Waals surface area contributed by atoms with Gasteiger partial charge in [0.05, 0.1) is 6.10 Å². The summed E-state index contributed by atoms with van der Waals surface area (Å²) in [6.07, 6.45) is 1.23. The Hall–Kier alpha value is -1.32. The lowest BCUT2D eigenvalue weighted by atomic mass is 10.0. The lowest BCUT2D eigenvalue weighted by molar-refractivity contribution is 0.242. The molecule has 0 radical (unpaired) electrons. The molecule has 0 saturated carbocycles. The maximum Gasteiger partial charge on any atom is 0.120 e. The molecule has 2 rings (SSSR count). The molecule has 1 aromatic carbocycles. The first kappa shape index (κ1) is 15.1. The van der Waals surface area contributed by atoms with Gasteiger partial charge < -0.3 is 10.1 Å². The molecule has 1 aromatic heterocycles. The zero-order valence-corrected chi connectivity index (χ0v) is 13.2. The zero-order chi connectivity index (χ0) is 14.4. The van der Waals surface area contributed by atoms with Crippen molar-refractivity contribution in [2.45, 2.75) is 39.3 Å². The lowest BCUT2D eigenvalue weighted by Crippen LogP contribution is -2.22. The standard InChI is InChI=1S/C17H23NOS/c1-4-18-17(12-16-9-6-10-20-16)14-7-5-8-15(11-14)19-13(2)3/h5-11,13,17-18H,4,12H2,1-3H3. The number of likely N-dealkylation sites (N-methyl/N-ethyl adjacent to an activating group) is 1. The van der Waals surface area contributed by atoms with Crippen LogP contribution < -0.4 is 10.1 Å². The number of hydrogen-bond donors (Lipinski definition) is 1. The van der Waals surface area contributed by atoms with E-state index in [4.69, 9.17) is 4.74 Å². The largest absolute Gasteiger partial charge is 0.491 e. The van der Waals surface area contributed by atoms with Gasteiger partial charge in [0.2, 0.25) is 0 Å². The second kappa shape index (κ2) is 7.46. The summed E-state index contributed by atoms with van der Waals surface area (Å²) in [5.74, 6) is 0.951. The molecule has 108 valence electrons. The molecular formula is C17H23NOS. The van der Waals surface area contributed by atoms with Crippen LogP contribution in [0.4, 0.5) is 0 Å². The number of nitrogens with one attached hydrogen (secondary N) is 1. The van der Waals surface area contributed by atoms with Crippen molar-refractivity contribution in [2.75, 3.05) is 6.54 Å². The summed E-state index contributed by atoms with van der Waals surface area (Å²) in [5, 5.41) is 5.70. The highest BCUT2D eigenvalue weighted by atomic mass is 32.1. The summed E-state index contributed by atoms with van der Waals surface area (Å²) in [5.41, 5.74) is 1.29. The fraction of sp³-hybridized carbons (Fsp3) is 0.412. The minimum absolute atomic E-state index is 0.208. The van der Waals surface area contributed by atoms with Gasteiger partial charge in [-0.05, 0) is 49.5 Å². The highest BCUT2D eigenvalue weighted by molar-refractivity contribution is 7.09. The molecule has 1 unspecified atom stereocenters. The Morgan fingerprint density at radius 2 is 2.05 bits per heavy atom. The molecule has 0 bridgehead atoms. The molecule has 1 N–H and O–H groups in total. The highest BCUT2D eigenvalue weighted by Crippen LogP contribution is 2.24. The van der Waals surface area contributed by atoms with Crippen LogP contribution in [0.5, 0.6) is 5.75 Å². The maximum atomic E-state index is 5.79. The first-order valence-corrected chi connectivity index (χ1v) is 8.09. The van der Waals surface area contributed by atoms with Crippen LogP contribution >= 0.6 is 11.3 Å². The van der Waals surface area contributed by atoms with Crippen LogP contribution in [0.25, 0.3) is 0 Å². The van der Waals surface area contributed by atoms with Gasteiger partial charge in [0.15, 0.2) is 0 Å². The van der Waals surface area contributed by atoms with Gasteiger partial charge >= 0.3 is 0 Å². The zero-order valence-electron chi connectivity index (χ0n) is 12.4.